The molecule has 0 saturated carbocycles. The van der Waals surface area contributed by atoms with Gasteiger partial charge in [0.25, 0.3) is 5.91 Å². The fourth-order valence-corrected chi connectivity index (χ4v) is 3.95. The summed E-state index contributed by atoms with van der Waals surface area (Å²) in [5.74, 6) is 3.58. The van der Waals surface area contributed by atoms with Gasteiger partial charge in [0.2, 0.25) is 0 Å². The van der Waals surface area contributed by atoms with Crippen LogP contribution in [0.4, 0.5) is 8.78 Å². The lowest BCUT2D eigenvalue weighted by molar-refractivity contribution is 0.0728. The molecule has 1 aliphatic rings. The van der Waals surface area contributed by atoms with Crippen molar-refractivity contribution in [2.45, 2.75) is 19.3 Å². The first-order valence-electron chi connectivity index (χ1n) is 7.48. The molecule has 1 saturated heterocycles. The average Bonchev–Trinajstić information content (AvgIpc) is 2.95. The predicted molar refractivity (Wildman–Crippen MR) is 91.9 cm³/mol. The number of hydrogen-bond acceptors (Lipinski definition) is 3. The second-order valence-electron chi connectivity index (χ2n) is 5.34. The molecule has 1 aromatic heterocycles. The molecule has 3 nitrogen and oxygen atoms in total. The molecule has 1 aromatic carbocycles. The van der Waals surface area contributed by atoms with Crippen molar-refractivity contribution in [3.63, 3.8) is 0 Å². The van der Waals surface area contributed by atoms with Crippen LogP contribution in [-0.2, 0) is 0 Å². The van der Waals surface area contributed by atoms with Crippen molar-refractivity contribution in [1.29, 1.82) is 0 Å². The third kappa shape index (κ3) is 3.65. The number of hydrogen-bond donors (Lipinski definition) is 0. The summed E-state index contributed by atoms with van der Waals surface area (Å²) >= 11 is 4.40. The Morgan fingerprint density at radius 1 is 1.17 bits per heavy atom. The van der Waals surface area contributed by atoms with Crippen LogP contribution in [0.2, 0.25) is 0 Å². The molecular weight excluding hydrogens is 398 g/mol. The fourth-order valence-electron chi connectivity index (χ4n) is 2.46. The maximum Gasteiger partial charge on any atom is 0.266 e. The lowest BCUT2D eigenvalue weighted by atomic mass is 10.1. The van der Waals surface area contributed by atoms with Crippen LogP contribution in [0.15, 0.2) is 22.8 Å². The molecule has 1 fully saturated rings. The van der Waals surface area contributed by atoms with Crippen LogP contribution in [0.1, 0.15) is 39.5 Å². The molecule has 0 atom stereocenters. The summed E-state index contributed by atoms with van der Waals surface area (Å²) in [6, 6.07) is 3.58. The molecule has 1 amide bonds. The zero-order chi connectivity index (χ0) is 17.1. The van der Waals surface area contributed by atoms with Crippen molar-refractivity contribution >= 4 is 33.2 Å². The van der Waals surface area contributed by atoms with Gasteiger partial charge >= 0.3 is 0 Å². The summed E-state index contributed by atoms with van der Waals surface area (Å²) in [5, 5.41) is 0.338. The topological polar surface area (TPSA) is 33.2 Å². The van der Waals surface area contributed by atoms with E-state index in [9.17, 15) is 13.6 Å². The predicted octanol–water partition coefficient (Wildman–Crippen LogP) is 4.21. The minimum atomic E-state index is -0.720. The Morgan fingerprint density at radius 2 is 1.83 bits per heavy atom. The number of carbonyl (C=O) groups is 1. The lowest BCUT2D eigenvalue weighted by Crippen LogP contribution is -2.35. The highest BCUT2D eigenvalue weighted by Gasteiger charge is 2.23. The first kappa shape index (κ1) is 17.1. The third-order valence-corrected chi connectivity index (χ3v) is 5.48. The molecule has 1 aliphatic heterocycles. The lowest BCUT2D eigenvalue weighted by Gasteiger charge is -2.26. The minimum Gasteiger partial charge on any atom is -0.338 e. The van der Waals surface area contributed by atoms with Gasteiger partial charge in [0.1, 0.15) is 21.1 Å². The molecule has 0 spiro atoms. The van der Waals surface area contributed by atoms with Gasteiger partial charge in [-0.3, -0.25) is 4.79 Å². The van der Waals surface area contributed by atoms with Crippen LogP contribution >= 0.6 is 27.3 Å². The smallest absolute Gasteiger partial charge is 0.266 e. The molecule has 2 heterocycles. The Hall–Kier alpha value is -1.78. The largest absolute Gasteiger partial charge is 0.338 e. The maximum absolute atomic E-state index is 13.6. The Balaban J connectivity index is 1.85. The van der Waals surface area contributed by atoms with Crippen LogP contribution in [0.3, 0.4) is 0 Å². The molecule has 0 N–H and O–H groups in total. The number of amides is 1. The average molecular weight is 411 g/mol. The van der Waals surface area contributed by atoms with Crippen LogP contribution in [0.25, 0.3) is 0 Å². The van der Waals surface area contributed by atoms with E-state index < -0.39 is 11.6 Å². The Labute approximate surface area is 150 Å². The maximum atomic E-state index is 13.6. The van der Waals surface area contributed by atoms with Crippen molar-refractivity contribution in [3.8, 4) is 11.8 Å². The van der Waals surface area contributed by atoms with E-state index in [1.807, 2.05) is 0 Å². The molecule has 3 rings (SSSR count). The molecule has 2 aromatic rings. The highest BCUT2D eigenvalue weighted by molar-refractivity contribution is 9.10. The normalized spacial score (nSPS) is 14.2. The van der Waals surface area contributed by atoms with Crippen LogP contribution in [0, 0.1) is 23.5 Å². The van der Waals surface area contributed by atoms with E-state index in [-0.39, 0.29) is 11.5 Å². The van der Waals surface area contributed by atoms with Gasteiger partial charge in [0.05, 0.1) is 5.56 Å². The molecule has 24 heavy (non-hydrogen) atoms. The molecule has 7 heteroatoms. The van der Waals surface area contributed by atoms with E-state index in [1.165, 1.54) is 6.07 Å². The van der Waals surface area contributed by atoms with Crippen molar-refractivity contribution < 1.29 is 13.6 Å². The van der Waals surface area contributed by atoms with Gasteiger partial charge in [-0.1, -0.05) is 23.3 Å². The Bertz CT molecular complexity index is 815. The van der Waals surface area contributed by atoms with E-state index >= 15 is 0 Å². The van der Waals surface area contributed by atoms with Crippen molar-refractivity contribution in [1.82, 2.24) is 9.88 Å². The van der Waals surface area contributed by atoms with Gasteiger partial charge in [-0.25, -0.2) is 13.8 Å². The van der Waals surface area contributed by atoms with E-state index in [0.29, 0.717) is 14.5 Å². The van der Waals surface area contributed by atoms with Gasteiger partial charge in [0.15, 0.2) is 5.01 Å². The van der Waals surface area contributed by atoms with Gasteiger partial charge < -0.3 is 4.90 Å². The first-order valence-corrected chi connectivity index (χ1v) is 9.09. The molecule has 124 valence electrons. The third-order valence-electron chi connectivity index (χ3n) is 3.68. The highest BCUT2D eigenvalue weighted by Crippen LogP contribution is 2.26. The number of benzene rings is 1. The van der Waals surface area contributed by atoms with Crippen molar-refractivity contribution in [2.24, 2.45) is 0 Å². The van der Waals surface area contributed by atoms with E-state index in [1.54, 1.807) is 4.90 Å². The number of carbonyl (C=O) groups excluding carboxylic acids is 1. The quantitative estimate of drug-likeness (QED) is 0.659. The van der Waals surface area contributed by atoms with Gasteiger partial charge in [0, 0.05) is 13.1 Å². The fraction of sp³-hybridized carbons (Fsp3) is 0.294. The standard InChI is InChI=1S/C17H13BrF2N2OS/c18-16-15(17(23)22-9-2-1-3-10-22)24-14(21-16)8-7-11-12(19)5-4-6-13(11)20/h4-6H,1-3,9-10H2. The van der Waals surface area contributed by atoms with Crippen LogP contribution in [0.5, 0.6) is 0 Å². The van der Waals surface area contributed by atoms with Crippen LogP contribution < -0.4 is 0 Å². The molecule has 0 bridgehead atoms. The van der Waals surface area contributed by atoms with E-state index in [4.69, 9.17) is 0 Å². The summed E-state index contributed by atoms with van der Waals surface area (Å²) in [7, 11) is 0. The zero-order valence-electron chi connectivity index (χ0n) is 12.6. The number of nitrogens with zero attached hydrogens (tertiary/aromatic N) is 2. The molecule has 0 unspecified atom stereocenters. The number of piperidine rings is 1. The van der Waals surface area contributed by atoms with Crippen molar-refractivity contribution in [2.75, 3.05) is 13.1 Å². The van der Waals surface area contributed by atoms with Gasteiger partial charge in [-0.2, -0.15) is 0 Å². The van der Waals surface area contributed by atoms with Crippen molar-refractivity contribution in [3.05, 3.63) is 49.9 Å². The molecule has 0 radical (unpaired) electrons. The number of halogens is 3. The summed E-state index contributed by atoms with van der Waals surface area (Å²) in [5.41, 5.74) is -0.298. The highest BCUT2D eigenvalue weighted by atomic mass is 79.9. The number of rotatable bonds is 1. The number of thiazole rings is 1. The number of likely N-dealkylation sites (tertiary alicyclic amines) is 1. The summed E-state index contributed by atoms with van der Waals surface area (Å²) in [6.45, 7) is 1.48. The summed E-state index contributed by atoms with van der Waals surface area (Å²) in [4.78, 5) is 19.0. The second kappa shape index (κ2) is 7.41. The summed E-state index contributed by atoms with van der Waals surface area (Å²) < 4.78 is 27.6. The zero-order valence-corrected chi connectivity index (χ0v) is 15.0. The minimum absolute atomic E-state index is 0.0794. The van der Waals surface area contributed by atoms with Crippen LogP contribution in [-0.4, -0.2) is 28.9 Å². The molecule has 0 aliphatic carbocycles. The Kier molecular flexibility index (Phi) is 5.27. The SMILES string of the molecule is O=C(c1sc(C#Cc2c(F)cccc2F)nc1Br)N1CCCCC1. The second-order valence-corrected chi connectivity index (χ2v) is 7.09. The van der Waals surface area contributed by atoms with Gasteiger partial charge in [-0.05, 0) is 53.2 Å². The monoisotopic (exact) mass is 410 g/mol. The first-order chi connectivity index (χ1) is 11.6. The molecular formula is C17H13BrF2N2OS. The Morgan fingerprint density at radius 3 is 2.50 bits per heavy atom. The summed E-state index contributed by atoms with van der Waals surface area (Å²) in [6.07, 6.45) is 3.14. The van der Waals surface area contributed by atoms with E-state index in [2.05, 4.69) is 32.8 Å². The van der Waals surface area contributed by atoms with E-state index in [0.717, 1.165) is 55.8 Å². The number of aromatic nitrogens is 1. The van der Waals surface area contributed by atoms with Gasteiger partial charge in [-0.15, -0.1) is 0 Å².